The van der Waals surface area contributed by atoms with Gasteiger partial charge in [0.05, 0.1) is 6.42 Å². The number of carbonyl (C=O) groups excluding carboxylic acids is 2. The Hall–Kier alpha value is -1.67. The second-order valence-electron chi connectivity index (χ2n) is 5.81. The Morgan fingerprint density at radius 1 is 1.12 bits per heavy atom. The highest BCUT2D eigenvalue weighted by molar-refractivity contribution is 7.09. The van der Waals surface area contributed by atoms with Gasteiger partial charge in [-0.3, -0.25) is 9.59 Å². The Labute approximate surface area is 167 Å². The molecule has 9 heteroatoms. The molecule has 0 bridgehead atoms. The third-order valence-electron chi connectivity index (χ3n) is 4.13. The normalized spacial score (nSPS) is 14.1. The standard InChI is InChI=1S/C17H19ClN4O2S.ClH/c18-13-3-1-12(2-4-13)9-16(23)21-5-7-22(8-6-21)17(24)14-11-25-15(10-19)20-14;/h1-4,11H,5-10,19H2;1H. The van der Waals surface area contributed by atoms with Crippen LogP contribution in [0.3, 0.4) is 0 Å². The average molecular weight is 415 g/mol. The number of nitrogens with zero attached hydrogens (tertiary/aromatic N) is 3. The molecule has 1 aromatic heterocycles. The summed E-state index contributed by atoms with van der Waals surface area (Å²) in [5.41, 5.74) is 6.91. The number of aromatic nitrogens is 1. The summed E-state index contributed by atoms with van der Waals surface area (Å²) in [6, 6.07) is 7.28. The third kappa shape index (κ3) is 4.94. The number of nitrogens with two attached hydrogens (primary N) is 1. The molecular formula is C17H20Cl2N4O2S. The zero-order chi connectivity index (χ0) is 17.8. The maximum Gasteiger partial charge on any atom is 0.273 e. The molecule has 0 spiro atoms. The van der Waals surface area contributed by atoms with Gasteiger partial charge in [-0.05, 0) is 17.7 Å². The molecule has 1 aliphatic rings. The van der Waals surface area contributed by atoms with Crippen LogP contribution in [0.4, 0.5) is 0 Å². The molecule has 2 aromatic rings. The molecule has 0 atom stereocenters. The average Bonchev–Trinajstić information content (AvgIpc) is 3.12. The first-order valence-electron chi connectivity index (χ1n) is 8.03. The molecule has 1 fully saturated rings. The number of amides is 2. The van der Waals surface area contributed by atoms with E-state index in [1.54, 1.807) is 27.3 Å². The van der Waals surface area contributed by atoms with E-state index in [0.29, 0.717) is 49.9 Å². The molecule has 0 unspecified atom stereocenters. The maximum absolute atomic E-state index is 12.4. The van der Waals surface area contributed by atoms with Crippen LogP contribution < -0.4 is 5.73 Å². The Balaban J connectivity index is 0.00000243. The van der Waals surface area contributed by atoms with Gasteiger partial charge in [0.1, 0.15) is 10.7 Å². The number of hydrogen-bond acceptors (Lipinski definition) is 5. The van der Waals surface area contributed by atoms with Crippen molar-refractivity contribution in [1.29, 1.82) is 0 Å². The van der Waals surface area contributed by atoms with Crippen LogP contribution >= 0.6 is 35.3 Å². The van der Waals surface area contributed by atoms with Gasteiger partial charge in [0.2, 0.25) is 5.91 Å². The number of carbonyl (C=O) groups is 2. The van der Waals surface area contributed by atoms with Crippen molar-refractivity contribution in [2.75, 3.05) is 26.2 Å². The molecule has 1 aliphatic heterocycles. The first-order chi connectivity index (χ1) is 12.1. The van der Waals surface area contributed by atoms with E-state index in [-0.39, 0.29) is 24.2 Å². The van der Waals surface area contributed by atoms with Crippen LogP contribution in [0.15, 0.2) is 29.6 Å². The minimum atomic E-state index is -0.0965. The van der Waals surface area contributed by atoms with Crippen molar-refractivity contribution >= 4 is 47.2 Å². The highest BCUT2D eigenvalue weighted by Gasteiger charge is 2.26. The third-order valence-corrected chi connectivity index (χ3v) is 5.26. The monoisotopic (exact) mass is 414 g/mol. The Bertz CT molecular complexity index is 758. The molecule has 2 heterocycles. The van der Waals surface area contributed by atoms with Crippen LogP contribution in [0, 0.1) is 0 Å². The van der Waals surface area contributed by atoms with Crippen molar-refractivity contribution in [2.45, 2.75) is 13.0 Å². The molecule has 2 amide bonds. The van der Waals surface area contributed by atoms with Gasteiger partial charge >= 0.3 is 0 Å². The van der Waals surface area contributed by atoms with Crippen LogP contribution in [0.5, 0.6) is 0 Å². The second-order valence-corrected chi connectivity index (χ2v) is 7.19. The molecule has 0 aliphatic carbocycles. The van der Waals surface area contributed by atoms with Gasteiger partial charge in [0.15, 0.2) is 0 Å². The zero-order valence-corrected chi connectivity index (χ0v) is 16.4. The topological polar surface area (TPSA) is 79.5 Å². The highest BCUT2D eigenvalue weighted by Crippen LogP contribution is 2.14. The molecule has 3 rings (SSSR count). The molecule has 2 N–H and O–H groups in total. The largest absolute Gasteiger partial charge is 0.339 e. The van der Waals surface area contributed by atoms with Gasteiger partial charge in [0.25, 0.3) is 5.91 Å². The van der Waals surface area contributed by atoms with Gasteiger partial charge in [-0.2, -0.15) is 0 Å². The summed E-state index contributed by atoms with van der Waals surface area (Å²) in [7, 11) is 0. The summed E-state index contributed by atoms with van der Waals surface area (Å²) in [6.45, 7) is 2.43. The minimum Gasteiger partial charge on any atom is -0.339 e. The van der Waals surface area contributed by atoms with Gasteiger partial charge in [-0.25, -0.2) is 4.98 Å². The fourth-order valence-electron chi connectivity index (χ4n) is 2.71. The minimum absolute atomic E-state index is 0. The summed E-state index contributed by atoms with van der Waals surface area (Å²) in [5.74, 6) is -0.0331. The molecule has 0 saturated carbocycles. The van der Waals surface area contributed by atoms with E-state index in [1.807, 2.05) is 12.1 Å². The van der Waals surface area contributed by atoms with Crippen LogP contribution in [0.2, 0.25) is 5.02 Å². The molecule has 26 heavy (non-hydrogen) atoms. The van der Waals surface area contributed by atoms with Crippen molar-refractivity contribution in [3.05, 3.63) is 50.9 Å². The van der Waals surface area contributed by atoms with Gasteiger partial charge < -0.3 is 15.5 Å². The van der Waals surface area contributed by atoms with E-state index in [2.05, 4.69) is 4.98 Å². The van der Waals surface area contributed by atoms with Crippen LogP contribution in [-0.2, 0) is 17.8 Å². The van der Waals surface area contributed by atoms with Crippen LogP contribution in [-0.4, -0.2) is 52.8 Å². The summed E-state index contributed by atoms with van der Waals surface area (Å²) in [6.07, 6.45) is 0.344. The number of halogens is 2. The van der Waals surface area contributed by atoms with Gasteiger partial charge in [0, 0.05) is 43.1 Å². The molecule has 1 saturated heterocycles. The first kappa shape index (κ1) is 20.6. The Kier molecular flexibility index (Phi) is 7.40. The van der Waals surface area contributed by atoms with Crippen molar-refractivity contribution in [3.63, 3.8) is 0 Å². The van der Waals surface area contributed by atoms with Crippen LogP contribution in [0.25, 0.3) is 0 Å². The van der Waals surface area contributed by atoms with E-state index in [4.69, 9.17) is 17.3 Å². The van der Waals surface area contributed by atoms with Crippen molar-refractivity contribution in [1.82, 2.24) is 14.8 Å². The number of benzene rings is 1. The van der Waals surface area contributed by atoms with E-state index < -0.39 is 0 Å². The second kappa shape index (κ2) is 9.32. The summed E-state index contributed by atoms with van der Waals surface area (Å²) >= 11 is 7.25. The highest BCUT2D eigenvalue weighted by atomic mass is 35.5. The fraction of sp³-hybridized carbons (Fsp3) is 0.353. The van der Waals surface area contributed by atoms with E-state index in [9.17, 15) is 9.59 Å². The molecule has 1 aromatic carbocycles. The lowest BCUT2D eigenvalue weighted by Gasteiger charge is -2.34. The molecule has 0 radical (unpaired) electrons. The Morgan fingerprint density at radius 2 is 1.73 bits per heavy atom. The predicted molar refractivity (Wildman–Crippen MR) is 105 cm³/mol. The van der Waals surface area contributed by atoms with Crippen LogP contribution in [0.1, 0.15) is 21.1 Å². The first-order valence-corrected chi connectivity index (χ1v) is 9.28. The number of thiazole rings is 1. The lowest BCUT2D eigenvalue weighted by Crippen LogP contribution is -2.51. The molecular weight excluding hydrogens is 395 g/mol. The summed E-state index contributed by atoms with van der Waals surface area (Å²) in [4.78, 5) is 32.6. The van der Waals surface area contributed by atoms with Gasteiger partial charge in [-0.15, -0.1) is 23.7 Å². The number of rotatable bonds is 4. The zero-order valence-electron chi connectivity index (χ0n) is 14.1. The van der Waals surface area contributed by atoms with Crippen molar-refractivity contribution in [3.8, 4) is 0 Å². The molecule has 6 nitrogen and oxygen atoms in total. The van der Waals surface area contributed by atoms with E-state index in [0.717, 1.165) is 10.6 Å². The summed E-state index contributed by atoms with van der Waals surface area (Å²) in [5, 5.41) is 3.14. The smallest absolute Gasteiger partial charge is 0.273 e. The van der Waals surface area contributed by atoms with Crippen molar-refractivity contribution < 1.29 is 9.59 Å². The lowest BCUT2D eigenvalue weighted by atomic mass is 10.1. The SMILES string of the molecule is Cl.NCc1nc(C(=O)N2CCN(C(=O)Cc3ccc(Cl)cc3)CC2)cs1. The van der Waals surface area contributed by atoms with Gasteiger partial charge in [-0.1, -0.05) is 23.7 Å². The number of hydrogen-bond donors (Lipinski definition) is 1. The predicted octanol–water partition coefficient (Wildman–Crippen LogP) is 2.20. The van der Waals surface area contributed by atoms with E-state index >= 15 is 0 Å². The van der Waals surface area contributed by atoms with Crippen molar-refractivity contribution in [2.24, 2.45) is 5.73 Å². The number of piperazine rings is 1. The maximum atomic E-state index is 12.4. The summed E-state index contributed by atoms with van der Waals surface area (Å²) < 4.78 is 0. The Morgan fingerprint density at radius 3 is 2.31 bits per heavy atom. The molecule has 140 valence electrons. The van der Waals surface area contributed by atoms with E-state index in [1.165, 1.54) is 11.3 Å². The quantitative estimate of drug-likeness (QED) is 0.831. The lowest BCUT2D eigenvalue weighted by molar-refractivity contribution is -0.131. The fourth-order valence-corrected chi connectivity index (χ4v) is 3.49.